The molecule has 0 aliphatic carbocycles. The van der Waals surface area contributed by atoms with Gasteiger partial charge in [0.2, 0.25) is 0 Å². The Kier molecular flexibility index (Phi) is 5.47. The molecule has 4 rings (SSSR count). The summed E-state index contributed by atoms with van der Waals surface area (Å²) in [5.41, 5.74) is 6.09. The van der Waals surface area contributed by atoms with Crippen molar-refractivity contribution < 1.29 is 32.7 Å². The number of anilines is 1. The van der Waals surface area contributed by atoms with Crippen LogP contribution in [0.2, 0.25) is 0 Å². The molecule has 9 nitrogen and oxygen atoms in total. The van der Waals surface area contributed by atoms with Crippen molar-refractivity contribution >= 4 is 46.3 Å². The van der Waals surface area contributed by atoms with E-state index in [0.717, 1.165) is 16.3 Å². The summed E-state index contributed by atoms with van der Waals surface area (Å²) in [5, 5.41) is -0.503. The molecule has 0 amide bonds. The fourth-order valence-corrected chi connectivity index (χ4v) is 4.47. The number of nitrogen functional groups attached to an aromatic ring is 1. The van der Waals surface area contributed by atoms with E-state index in [-0.39, 0.29) is 33.5 Å². The predicted molar refractivity (Wildman–Crippen MR) is 111 cm³/mol. The minimum absolute atomic E-state index is 0.0194. The number of esters is 2. The quantitative estimate of drug-likeness (QED) is 0.587. The molecule has 1 atom stereocenters. The number of aromatic nitrogens is 1. The molecule has 0 saturated heterocycles. The number of thioether (sulfide) groups is 1. The molecule has 4 heterocycles. The van der Waals surface area contributed by atoms with Crippen LogP contribution in [-0.4, -0.2) is 36.1 Å². The molecular weight excluding hydrogens is 424 g/mol. The third-order valence-corrected chi connectivity index (χ3v) is 5.88. The van der Waals surface area contributed by atoms with Gasteiger partial charge in [-0.3, -0.25) is 9.36 Å². The molecule has 160 valence electrons. The molecule has 1 aliphatic heterocycles. The number of fused-ring (bicyclic) bond motifs is 1. The zero-order chi connectivity index (χ0) is 22.1. The number of nitrogens with two attached hydrogens (primary N) is 1. The minimum atomic E-state index is -0.923. The van der Waals surface area contributed by atoms with E-state index < -0.39 is 23.1 Å². The van der Waals surface area contributed by atoms with Crippen molar-refractivity contribution in [1.82, 2.24) is 4.57 Å². The first-order valence-electron chi connectivity index (χ1n) is 9.27. The van der Waals surface area contributed by atoms with Crippen LogP contribution < -0.4 is 16.3 Å². The first-order valence-corrected chi connectivity index (χ1v) is 10.1. The highest BCUT2D eigenvalue weighted by atomic mass is 32.2. The first kappa shape index (κ1) is 20.6. The smallest absolute Gasteiger partial charge is 0.357 e. The Labute approximate surface area is 180 Å². The van der Waals surface area contributed by atoms with Gasteiger partial charge < -0.3 is 24.0 Å². The Balaban J connectivity index is 2.12. The summed E-state index contributed by atoms with van der Waals surface area (Å²) in [6.07, 6.45) is 4.44. The molecule has 31 heavy (non-hydrogen) atoms. The van der Waals surface area contributed by atoms with Crippen LogP contribution in [0.4, 0.5) is 5.69 Å². The number of carbonyl (C=O) groups is 3. The predicted octanol–water partition coefficient (Wildman–Crippen LogP) is 1.67. The molecule has 10 heteroatoms. The average Bonchev–Trinajstić information content (AvgIpc) is 3.51. The molecule has 0 bridgehead atoms. The zero-order valence-corrected chi connectivity index (χ0v) is 17.4. The van der Waals surface area contributed by atoms with Gasteiger partial charge >= 0.3 is 11.9 Å². The van der Waals surface area contributed by atoms with Crippen LogP contribution in [0.3, 0.4) is 0 Å². The van der Waals surface area contributed by atoms with Crippen molar-refractivity contribution in [3.63, 3.8) is 0 Å². The second-order valence-electron chi connectivity index (χ2n) is 6.41. The van der Waals surface area contributed by atoms with Gasteiger partial charge in [0.05, 0.1) is 37.3 Å². The standard InChI is InChI=1S/C21H18N2O7S/c1-3-28-21(26)18-15-12(10-11-6-4-8-29-11)14(22)16(20(25)27-2)23(15)19(24)17(31-18)13-7-5-9-30-13/h4-10,17H,3,22H2,1-2H3. The van der Waals surface area contributed by atoms with Crippen molar-refractivity contribution in [2.45, 2.75) is 12.2 Å². The lowest BCUT2D eigenvalue weighted by Crippen LogP contribution is -2.42. The number of methoxy groups -OCH3 is 1. The van der Waals surface area contributed by atoms with Gasteiger partial charge in [-0.2, -0.15) is 0 Å². The maximum absolute atomic E-state index is 13.5. The van der Waals surface area contributed by atoms with E-state index in [1.54, 1.807) is 37.3 Å². The van der Waals surface area contributed by atoms with Gasteiger partial charge in [-0.1, -0.05) is 11.8 Å². The largest absolute Gasteiger partial charge is 0.468 e. The average molecular weight is 442 g/mol. The van der Waals surface area contributed by atoms with Gasteiger partial charge in [-0.15, -0.1) is 0 Å². The van der Waals surface area contributed by atoms with Gasteiger partial charge in [-0.05, 0) is 37.3 Å². The molecule has 1 unspecified atom stereocenters. The summed E-state index contributed by atoms with van der Waals surface area (Å²) in [7, 11) is 1.18. The van der Waals surface area contributed by atoms with Crippen LogP contribution >= 0.6 is 11.8 Å². The summed E-state index contributed by atoms with van der Waals surface area (Å²) >= 11 is 0.976. The fourth-order valence-electron chi connectivity index (χ4n) is 3.31. The number of carbonyl (C=O) groups excluding carboxylic acids is 3. The first-order chi connectivity index (χ1) is 15.0. The van der Waals surface area contributed by atoms with E-state index >= 15 is 0 Å². The summed E-state index contributed by atoms with van der Waals surface area (Å²) in [6.45, 7) is 1.80. The van der Waals surface area contributed by atoms with Crippen LogP contribution in [0, 0.1) is 0 Å². The monoisotopic (exact) mass is 442 g/mol. The lowest BCUT2D eigenvalue weighted by Gasteiger charge is -2.21. The third-order valence-electron chi connectivity index (χ3n) is 4.61. The van der Waals surface area contributed by atoms with Crippen molar-refractivity contribution in [2.75, 3.05) is 19.5 Å². The van der Waals surface area contributed by atoms with Gasteiger partial charge in [0.1, 0.15) is 21.7 Å². The van der Waals surface area contributed by atoms with E-state index in [2.05, 4.69) is 0 Å². The third kappa shape index (κ3) is 3.44. The molecule has 0 saturated carbocycles. The van der Waals surface area contributed by atoms with Crippen LogP contribution in [0.1, 0.15) is 39.0 Å². The van der Waals surface area contributed by atoms with Gasteiger partial charge in [0.15, 0.2) is 5.69 Å². The molecule has 3 aromatic heterocycles. The number of nitrogens with zero attached hydrogens (tertiary/aromatic N) is 1. The molecule has 2 N–H and O–H groups in total. The summed E-state index contributed by atoms with van der Waals surface area (Å²) in [6, 6.07) is 6.59. The molecule has 0 spiro atoms. The number of rotatable bonds is 5. The van der Waals surface area contributed by atoms with E-state index in [1.807, 2.05) is 0 Å². The minimum Gasteiger partial charge on any atom is -0.468 e. The zero-order valence-electron chi connectivity index (χ0n) is 16.6. The Hall–Kier alpha value is -3.66. The van der Waals surface area contributed by atoms with E-state index in [4.69, 9.17) is 24.0 Å². The van der Waals surface area contributed by atoms with Crippen molar-refractivity contribution in [1.29, 1.82) is 0 Å². The van der Waals surface area contributed by atoms with Crippen LogP contribution in [0.25, 0.3) is 11.0 Å². The van der Waals surface area contributed by atoms with Crippen LogP contribution in [0.15, 0.2) is 45.6 Å². The Morgan fingerprint density at radius 2 is 1.97 bits per heavy atom. The highest BCUT2D eigenvalue weighted by Gasteiger charge is 2.39. The van der Waals surface area contributed by atoms with Gasteiger partial charge in [0, 0.05) is 5.22 Å². The van der Waals surface area contributed by atoms with Gasteiger partial charge in [-0.25, -0.2) is 9.59 Å². The molecule has 1 aliphatic rings. The molecule has 0 aromatic carbocycles. The van der Waals surface area contributed by atoms with Crippen LogP contribution in [-0.2, 0) is 14.3 Å². The summed E-state index contributed by atoms with van der Waals surface area (Å²) in [4.78, 5) is 39.0. The normalized spacial score (nSPS) is 16.3. The lowest BCUT2D eigenvalue weighted by molar-refractivity contribution is -0.135. The fraction of sp³-hybridized carbons (Fsp3) is 0.190. The maximum atomic E-state index is 13.5. The molecule has 0 fully saturated rings. The summed E-state index contributed by atoms with van der Waals surface area (Å²) in [5.74, 6) is -1.23. The number of furan rings is 2. The molecule has 3 aromatic rings. The van der Waals surface area contributed by atoms with E-state index in [1.165, 1.54) is 19.6 Å². The highest BCUT2D eigenvalue weighted by Crippen LogP contribution is 2.39. The number of ether oxygens (including phenoxy) is 2. The van der Waals surface area contributed by atoms with Crippen LogP contribution in [0.5, 0.6) is 0 Å². The van der Waals surface area contributed by atoms with Crippen molar-refractivity contribution in [3.8, 4) is 0 Å². The Morgan fingerprint density at radius 3 is 2.58 bits per heavy atom. The van der Waals surface area contributed by atoms with E-state index in [9.17, 15) is 14.4 Å². The van der Waals surface area contributed by atoms with E-state index in [0.29, 0.717) is 11.5 Å². The highest BCUT2D eigenvalue weighted by molar-refractivity contribution is 8.10. The Morgan fingerprint density at radius 1 is 1.23 bits per heavy atom. The summed E-state index contributed by atoms with van der Waals surface area (Å²) < 4.78 is 22.0. The van der Waals surface area contributed by atoms with Crippen molar-refractivity contribution in [2.24, 2.45) is 0 Å². The molecule has 0 radical (unpaired) electrons. The SMILES string of the molecule is CCOC(=O)C1=c2c(=Cc3ccco3)c(N)c(C(=O)OC)n2C(=O)C(c2ccco2)S1. The maximum Gasteiger partial charge on any atom is 0.357 e. The second-order valence-corrected chi connectivity index (χ2v) is 7.53. The second kappa shape index (κ2) is 8.23. The Bertz CT molecular complexity index is 1270. The number of hydrogen-bond donors (Lipinski definition) is 1. The topological polar surface area (TPSA) is 127 Å². The molecular formula is C21H18N2O7S. The van der Waals surface area contributed by atoms with Crippen molar-refractivity contribution in [3.05, 3.63) is 64.6 Å². The van der Waals surface area contributed by atoms with Gasteiger partial charge in [0.25, 0.3) is 5.91 Å². The number of hydrogen-bond acceptors (Lipinski definition) is 9. The lowest BCUT2D eigenvalue weighted by atomic mass is 10.2.